The fourth-order valence-corrected chi connectivity index (χ4v) is 4.79. The molecule has 0 aliphatic heterocycles. The van der Waals surface area contributed by atoms with Crippen LogP contribution in [0.15, 0.2) is 53.2 Å². The molecule has 4 aromatic rings. The number of amides is 1. The number of hydrogen-bond donors (Lipinski definition) is 1. The van der Waals surface area contributed by atoms with Crippen molar-refractivity contribution in [2.24, 2.45) is 0 Å². The molecule has 2 aromatic carbocycles. The van der Waals surface area contributed by atoms with Crippen LogP contribution in [0.25, 0.3) is 21.7 Å². The van der Waals surface area contributed by atoms with Crippen LogP contribution in [0.4, 0.5) is 5.82 Å². The molecule has 0 unspecified atom stereocenters. The Kier molecular flexibility index (Phi) is 4.88. The first-order valence-electron chi connectivity index (χ1n) is 9.98. The molecule has 1 aliphatic carbocycles. The van der Waals surface area contributed by atoms with Crippen LogP contribution in [0, 0.1) is 6.92 Å². The van der Waals surface area contributed by atoms with Gasteiger partial charge in [0.05, 0.1) is 9.88 Å². The number of benzene rings is 2. The quantitative estimate of drug-likeness (QED) is 0.488. The fraction of sp³-hybridized carbons (Fsp3) is 0.217. The van der Waals surface area contributed by atoms with Crippen molar-refractivity contribution in [3.8, 4) is 21.7 Å². The lowest BCUT2D eigenvalue weighted by atomic mass is 9.90. The van der Waals surface area contributed by atoms with Gasteiger partial charge in [-0.05, 0) is 65.7 Å². The SMILES string of the molecule is Cc1nc(C(=O)Nc2nonc2-c2ccc3c(c2)CCCC3)c(-c2ccccc2)s1. The van der Waals surface area contributed by atoms with Crippen LogP contribution in [0.3, 0.4) is 0 Å². The summed E-state index contributed by atoms with van der Waals surface area (Å²) in [6.45, 7) is 1.89. The van der Waals surface area contributed by atoms with Crippen LogP contribution < -0.4 is 5.32 Å². The summed E-state index contributed by atoms with van der Waals surface area (Å²) in [4.78, 5) is 18.3. The molecular formula is C23H20N4O2S. The summed E-state index contributed by atoms with van der Waals surface area (Å²) >= 11 is 1.49. The van der Waals surface area contributed by atoms with Gasteiger partial charge in [0.25, 0.3) is 5.91 Å². The topological polar surface area (TPSA) is 80.9 Å². The number of nitrogens with zero attached hydrogens (tertiary/aromatic N) is 3. The van der Waals surface area contributed by atoms with E-state index in [-0.39, 0.29) is 5.91 Å². The molecule has 0 saturated carbocycles. The largest absolute Gasteiger partial charge is 0.300 e. The van der Waals surface area contributed by atoms with Crippen LogP contribution in [-0.2, 0) is 12.8 Å². The molecule has 0 atom stereocenters. The number of carbonyl (C=O) groups excluding carboxylic acids is 1. The van der Waals surface area contributed by atoms with Crippen molar-refractivity contribution in [3.05, 3.63) is 70.4 Å². The standard InChI is InChI=1S/C23H20N4O2S/c1-14-24-20(21(30-14)16-8-3-2-4-9-16)23(28)25-22-19(26-29-27-22)18-12-11-15-7-5-6-10-17(15)13-18/h2-4,8-9,11-13H,5-7,10H2,1H3,(H,25,27,28). The minimum absolute atomic E-state index is 0.306. The van der Waals surface area contributed by atoms with E-state index in [9.17, 15) is 4.79 Å². The third-order valence-electron chi connectivity index (χ3n) is 5.33. The smallest absolute Gasteiger partial charge is 0.277 e. The van der Waals surface area contributed by atoms with Crippen molar-refractivity contribution in [1.82, 2.24) is 15.3 Å². The molecular weight excluding hydrogens is 396 g/mol. The number of thiazole rings is 1. The molecule has 5 rings (SSSR count). The van der Waals surface area contributed by atoms with E-state index < -0.39 is 0 Å². The van der Waals surface area contributed by atoms with Gasteiger partial charge in [0.15, 0.2) is 5.69 Å². The molecule has 1 aliphatic rings. The summed E-state index contributed by atoms with van der Waals surface area (Å²) in [6.07, 6.45) is 4.61. The zero-order valence-corrected chi connectivity index (χ0v) is 17.3. The third kappa shape index (κ3) is 3.52. The molecule has 2 heterocycles. The highest BCUT2D eigenvalue weighted by atomic mass is 32.1. The van der Waals surface area contributed by atoms with Crippen LogP contribution in [-0.4, -0.2) is 21.2 Å². The second-order valence-corrected chi connectivity index (χ2v) is 8.59. The molecule has 150 valence electrons. The predicted molar refractivity (Wildman–Crippen MR) is 117 cm³/mol. The number of aromatic nitrogens is 3. The van der Waals surface area contributed by atoms with Crippen LogP contribution in [0.1, 0.15) is 39.5 Å². The Labute approximate surface area is 177 Å². The van der Waals surface area contributed by atoms with Crippen molar-refractivity contribution in [2.75, 3.05) is 5.32 Å². The number of rotatable bonds is 4. The van der Waals surface area contributed by atoms with E-state index in [0.717, 1.165) is 33.9 Å². The summed E-state index contributed by atoms with van der Waals surface area (Å²) in [5, 5.41) is 11.7. The predicted octanol–water partition coefficient (Wildman–Crippen LogP) is 5.30. The first-order chi connectivity index (χ1) is 14.7. The summed E-state index contributed by atoms with van der Waals surface area (Å²) in [5.74, 6) is -0.0199. The number of fused-ring (bicyclic) bond motifs is 1. The Morgan fingerprint density at radius 1 is 1.00 bits per heavy atom. The van der Waals surface area contributed by atoms with E-state index in [1.807, 2.05) is 43.3 Å². The highest BCUT2D eigenvalue weighted by molar-refractivity contribution is 7.15. The average molecular weight is 417 g/mol. The Morgan fingerprint density at radius 3 is 2.63 bits per heavy atom. The first kappa shape index (κ1) is 18.7. The summed E-state index contributed by atoms with van der Waals surface area (Å²) < 4.78 is 4.97. The van der Waals surface area contributed by atoms with E-state index in [4.69, 9.17) is 4.63 Å². The number of carbonyl (C=O) groups is 1. The van der Waals surface area contributed by atoms with Crippen molar-refractivity contribution in [3.63, 3.8) is 0 Å². The second-order valence-electron chi connectivity index (χ2n) is 7.38. The third-order valence-corrected chi connectivity index (χ3v) is 6.35. The Balaban J connectivity index is 1.45. The Hall–Kier alpha value is -3.32. The van der Waals surface area contributed by atoms with Crippen molar-refractivity contribution in [1.29, 1.82) is 0 Å². The van der Waals surface area contributed by atoms with E-state index >= 15 is 0 Å². The Bertz CT molecular complexity index is 1210. The normalized spacial score (nSPS) is 13.1. The molecule has 30 heavy (non-hydrogen) atoms. The highest BCUT2D eigenvalue weighted by Gasteiger charge is 2.22. The molecule has 0 bridgehead atoms. The minimum Gasteiger partial charge on any atom is -0.300 e. The zero-order chi connectivity index (χ0) is 20.5. The zero-order valence-electron chi connectivity index (χ0n) is 16.5. The molecule has 0 spiro atoms. The second kappa shape index (κ2) is 7.84. The maximum absolute atomic E-state index is 13.1. The van der Waals surface area contributed by atoms with E-state index in [1.54, 1.807) is 0 Å². The van der Waals surface area contributed by atoms with Crippen molar-refractivity contribution >= 4 is 23.1 Å². The van der Waals surface area contributed by atoms with Crippen LogP contribution in [0.2, 0.25) is 0 Å². The van der Waals surface area contributed by atoms with Gasteiger partial charge in [0.2, 0.25) is 5.82 Å². The van der Waals surface area contributed by atoms with Crippen molar-refractivity contribution in [2.45, 2.75) is 32.6 Å². The number of nitrogens with one attached hydrogen (secondary N) is 1. The lowest BCUT2D eigenvalue weighted by Gasteiger charge is -2.16. The van der Waals surface area contributed by atoms with Crippen molar-refractivity contribution < 1.29 is 9.42 Å². The maximum atomic E-state index is 13.1. The number of aryl methyl sites for hydroxylation is 3. The number of hydrogen-bond acceptors (Lipinski definition) is 6. The van der Waals surface area contributed by atoms with Gasteiger partial charge in [-0.15, -0.1) is 11.3 Å². The Morgan fingerprint density at radius 2 is 1.80 bits per heavy atom. The summed E-state index contributed by atoms with van der Waals surface area (Å²) in [6, 6.07) is 16.1. The first-order valence-corrected chi connectivity index (χ1v) is 10.8. The fourth-order valence-electron chi connectivity index (χ4n) is 3.87. The molecule has 1 amide bonds. The van der Waals surface area contributed by atoms with E-state index in [0.29, 0.717) is 17.2 Å². The lowest BCUT2D eigenvalue weighted by molar-refractivity contribution is 0.102. The average Bonchev–Trinajstić information content (AvgIpc) is 3.40. The van der Waals surface area contributed by atoms with Gasteiger partial charge in [-0.3, -0.25) is 4.79 Å². The minimum atomic E-state index is -0.326. The van der Waals surface area contributed by atoms with E-state index in [1.165, 1.54) is 35.3 Å². The van der Waals surface area contributed by atoms with Gasteiger partial charge in [-0.1, -0.05) is 42.5 Å². The molecule has 0 radical (unpaired) electrons. The molecule has 1 N–H and O–H groups in total. The van der Waals surface area contributed by atoms with Gasteiger partial charge < -0.3 is 5.32 Å². The van der Waals surface area contributed by atoms with Gasteiger partial charge in [0.1, 0.15) is 5.69 Å². The number of anilines is 1. The van der Waals surface area contributed by atoms with E-state index in [2.05, 4.69) is 32.7 Å². The van der Waals surface area contributed by atoms with Gasteiger partial charge in [0, 0.05) is 5.56 Å². The highest BCUT2D eigenvalue weighted by Crippen LogP contribution is 2.32. The molecule has 2 aromatic heterocycles. The molecule has 7 heteroatoms. The summed E-state index contributed by atoms with van der Waals surface area (Å²) in [7, 11) is 0. The van der Waals surface area contributed by atoms with Gasteiger partial charge in [-0.25, -0.2) is 9.61 Å². The van der Waals surface area contributed by atoms with Crippen LogP contribution in [0.5, 0.6) is 0 Å². The maximum Gasteiger partial charge on any atom is 0.277 e. The summed E-state index contributed by atoms with van der Waals surface area (Å²) in [5.41, 5.74) is 5.48. The van der Waals surface area contributed by atoms with Crippen LogP contribution >= 0.6 is 11.3 Å². The van der Waals surface area contributed by atoms with Gasteiger partial charge >= 0.3 is 0 Å². The monoisotopic (exact) mass is 416 g/mol. The molecule has 0 fully saturated rings. The molecule has 0 saturated heterocycles. The molecule has 6 nitrogen and oxygen atoms in total. The van der Waals surface area contributed by atoms with Gasteiger partial charge in [-0.2, -0.15) is 0 Å². The lowest BCUT2D eigenvalue weighted by Crippen LogP contribution is -2.14.